The van der Waals surface area contributed by atoms with Gasteiger partial charge in [-0.15, -0.1) is 0 Å². The molecular formula is C69H69N15O6. The van der Waals surface area contributed by atoms with Crippen molar-refractivity contribution in [2.45, 2.75) is 117 Å². The van der Waals surface area contributed by atoms with Gasteiger partial charge in [-0.05, 0) is 185 Å². The average Bonchev–Trinajstić information content (AvgIpc) is 1.81. The summed E-state index contributed by atoms with van der Waals surface area (Å²) in [5.41, 5.74) is 15.7. The van der Waals surface area contributed by atoms with Crippen LogP contribution in [0.3, 0.4) is 0 Å². The predicted octanol–water partition coefficient (Wildman–Crippen LogP) is 10.3. The van der Waals surface area contributed by atoms with Crippen LogP contribution < -0.4 is 16.0 Å². The van der Waals surface area contributed by atoms with Crippen LogP contribution in [0.4, 0.5) is 0 Å². The zero-order valence-corrected chi connectivity index (χ0v) is 50.7. The molecule has 6 N–H and O–H groups in total. The molecule has 3 unspecified atom stereocenters. The lowest BCUT2D eigenvalue weighted by molar-refractivity contribution is 0.0942. The number of hydrogen-bond donors (Lipinski definition) is 6. The fourth-order valence-corrected chi connectivity index (χ4v) is 10.7. The van der Waals surface area contributed by atoms with E-state index in [1.54, 1.807) is 72.0 Å². The number of benzene rings is 3. The van der Waals surface area contributed by atoms with Crippen LogP contribution in [0.2, 0.25) is 0 Å². The number of aromatic nitrogens is 12. The summed E-state index contributed by atoms with van der Waals surface area (Å²) in [5, 5.41) is 52.4. The third kappa shape index (κ3) is 12.6. The van der Waals surface area contributed by atoms with Crippen LogP contribution >= 0.6 is 0 Å². The van der Waals surface area contributed by atoms with Crippen molar-refractivity contribution in [1.82, 2.24) is 73.4 Å². The number of carbonyl (C=O) groups excluding carboxylic acids is 3. The molecule has 15 rings (SSSR count). The van der Waals surface area contributed by atoms with Crippen LogP contribution in [0.1, 0.15) is 142 Å². The SMILES string of the molecule is Cc1ccc(C(=O)NC2CC2)cc1-c1cnn(-c2cnc3ccc(C(C)O)cn23)c1.Cc1ccc(C(=O)NC2CC2)cc1-c1cnn(-c2cnc3ccc(C(C)O)cn23)c1.Cc1ccc(C(=O)NC2CC2)cc1-c1cnn(-c2cnc3ccc(C(C)O)cn23)c1. The minimum atomic E-state index is -0.565. The Balaban J connectivity index is 0.000000124. The highest BCUT2D eigenvalue weighted by atomic mass is 16.3. The summed E-state index contributed by atoms with van der Waals surface area (Å²) in [4.78, 5) is 50.7. The van der Waals surface area contributed by atoms with Gasteiger partial charge in [-0.1, -0.05) is 36.4 Å². The van der Waals surface area contributed by atoms with Crippen molar-refractivity contribution in [1.29, 1.82) is 0 Å². The Bertz CT molecular complexity index is 4210. The number of aryl methyl sites for hydroxylation is 3. The molecule has 9 aromatic heterocycles. The monoisotopic (exact) mass is 1200 g/mol. The van der Waals surface area contributed by atoms with Gasteiger partial charge in [0, 0.05) is 88.7 Å². The van der Waals surface area contributed by atoms with Crippen LogP contribution in [0, 0.1) is 20.8 Å². The maximum absolute atomic E-state index is 12.5. The molecule has 0 bridgehead atoms. The summed E-state index contributed by atoms with van der Waals surface area (Å²) in [6.45, 7) is 11.3. The summed E-state index contributed by atoms with van der Waals surface area (Å²) in [6.07, 6.45) is 26.7. The normalized spacial score (nSPS) is 14.8. The number of amides is 3. The van der Waals surface area contributed by atoms with Gasteiger partial charge in [0.05, 0.1) is 55.5 Å². The Morgan fingerprint density at radius 1 is 0.400 bits per heavy atom. The molecule has 3 fully saturated rings. The molecule has 0 aliphatic heterocycles. The first-order valence-electron chi connectivity index (χ1n) is 30.3. The number of carbonyl (C=O) groups is 3. The fraction of sp³-hybridized carbons (Fsp3) is 0.261. The number of nitrogens with zero attached hydrogens (tertiary/aromatic N) is 12. The highest BCUT2D eigenvalue weighted by Crippen LogP contribution is 2.31. The number of imidazole rings is 3. The predicted molar refractivity (Wildman–Crippen MR) is 341 cm³/mol. The van der Waals surface area contributed by atoms with E-state index in [4.69, 9.17) is 0 Å². The molecule has 0 radical (unpaired) electrons. The standard InChI is InChI=1S/3C23H23N5O2/c3*1-14-3-4-16(23(30)26-19-6-7-19)9-20(14)18-10-25-28(13-18)22-11-24-21-8-5-17(15(2)29)12-27(21)22/h3*3-5,8-13,15,19,29H,6-7H2,1-2H3,(H,26,30). The molecule has 90 heavy (non-hydrogen) atoms. The molecule has 9 heterocycles. The summed E-state index contributed by atoms with van der Waals surface area (Å²) in [5.74, 6) is 2.24. The van der Waals surface area contributed by atoms with E-state index in [0.29, 0.717) is 34.8 Å². The van der Waals surface area contributed by atoms with E-state index in [9.17, 15) is 29.7 Å². The second-order valence-corrected chi connectivity index (χ2v) is 23.8. The highest BCUT2D eigenvalue weighted by molar-refractivity contribution is 5.97. The summed E-state index contributed by atoms with van der Waals surface area (Å²) in [6, 6.07) is 29.5. The zero-order chi connectivity index (χ0) is 62.5. The number of fused-ring (bicyclic) bond motifs is 3. The highest BCUT2D eigenvalue weighted by Gasteiger charge is 2.27. The minimum absolute atomic E-state index is 0.0291. The molecular weight excluding hydrogens is 1130 g/mol. The molecule has 3 aliphatic rings. The summed E-state index contributed by atoms with van der Waals surface area (Å²) in [7, 11) is 0. The van der Waals surface area contributed by atoms with Crippen molar-refractivity contribution in [2.75, 3.05) is 0 Å². The van der Waals surface area contributed by atoms with Gasteiger partial charge in [-0.25, -0.2) is 29.0 Å². The Kier molecular flexibility index (Phi) is 15.8. The second-order valence-electron chi connectivity index (χ2n) is 23.8. The van der Waals surface area contributed by atoms with Crippen molar-refractivity contribution < 1.29 is 29.7 Å². The Labute approximate surface area is 518 Å². The third-order valence-corrected chi connectivity index (χ3v) is 16.6. The lowest BCUT2D eigenvalue weighted by Crippen LogP contribution is -2.25. The van der Waals surface area contributed by atoms with Crippen LogP contribution in [0.5, 0.6) is 0 Å². The van der Waals surface area contributed by atoms with Gasteiger partial charge in [0.2, 0.25) is 0 Å². The van der Waals surface area contributed by atoms with E-state index >= 15 is 0 Å². The smallest absolute Gasteiger partial charge is 0.251 e. The van der Waals surface area contributed by atoms with Gasteiger partial charge in [0.25, 0.3) is 17.7 Å². The largest absolute Gasteiger partial charge is 0.389 e. The third-order valence-electron chi connectivity index (χ3n) is 16.6. The summed E-state index contributed by atoms with van der Waals surface area (Å²) >= 11 is 0. The first-order chi connectivity index (χ1) is 43.5. The molecule has 12 aromatic rings. The van der Waals surface area contributed by atoms with Crippen molar-refractivity contribution >= 4 is 34.7 Å². The van der Waals surface area contributed by atoms with Crippen molar-refractivity contribution in [3.05, 3.63) is 215 Å². The molecule has 3 amide bonds. The van der Waals surface area contributed by atoms with E-state index in [1.807, 2.05) is 162 Å². The number of pyridine rings is 3. The maximum atomic E-state index is 12.5. The number of aliphatic hydroxyl groups excluding tert-OH is 3. The maximum Gasteiger partial charge on any atom is 0.251 e. The van der Waals surface area contributed by atoms with Gasteiger partial charge in [-0.3, -0.25) is 27.6 Å². The summed E-state index contributed by atoms with van der Waals surface area (Å²) < 4.78 is 11.0. The van der Waals surface area contributed by atoms with E-state index in [1.165, 1.54) is 0 Å². The molecule has 3 atom stereocenters. The van der Waals surface area contributed by atoms with Gasteiger partial charge < -0.3 is 31.3 Å². The molecule has 456 valence electrons. The van der Waals surface area contributed by atoms with E-state index in [2.05, 4.69) is 46.2 Å². The number of nitrogens with one attached hydrogen (secondary N) is 3. The Hall–Kier alpha value is -10.4. The van der Waals surface area contributed by atoms with Crippen molar-refractivity contribution in [3.63, 3.8) is 0 Å². The molecule has 21 heteroatoms. The topological polar surface area (TPSA) is 253 Å². The first kappa shape index (κ1) is 58.7. The van der Waals surface area contributed by atoms with Crippen LogP contribution in [-0.4, -0.2) is 109 Å². The van der Waals surface area contributed by atoms with Gasteiger partial charge in [0.1, 0.15) is 16.9 Å². The van der Waals surface area contributed by atoms with E-state index in [0.717, 1.165) is 140 Å². The Morgan fingerprint density at radius 3 is 0.933 bits per heavy atom. The molecule has 0 saturated heterocycles. The minimum Gasteiger partial charge on any atom is -0.389 e. The molecule has 3 aromatic carbocycles. The fourth-order valence-electron chi connectivity index (χ4n) is 10.7. The molecule has 3 aliphatic carbocycles. The molecule has 21 nitrogen and oxygen atoms in total. The number of aliphatic hydroxyl groups is 3. The zero-order valence-electron chi connectivity index (χ0n) is 50.7. The molecule has 3 saturated carbocycles. The number of rotatable bonds is 15. The quantitative estimate of drug-likeness (QED) is 0.0561. The van der Waals surface area contributed by atoms with Gasteiger partial charge >= 0.3 is 0 Å². The lowest BCUT2D eigenvalue weighted by Gasteiger charge is -2.08. The van der Waals surface area contributed by atoms with Crippen LogP contribution in [0.15, 0.2) is 165 Å². The Morgan fingerprint density at radius 2 is 0.678 bits per heavy atom. The van der Waals surface area contributed by atoms with Crippen LogP contribution in [-0.2, 0) is 0 Å². The lowest BCUT2D eigenvalue weighted by atomic mass is 10.0. The van der Waals surface area contributed by atoms with E-state index in [-0.39, 0.29) is 17.7 Å². The second kappa shape index (κ2) is 24.3. The van der Waals surface area contributed by atoms with Crippen molar-refractivity contribution in [3.8, 4) is 50.8 Å². The number of hydrogen-bond acceptors (Lipinski definition) is 12. The van der Waals surface area contributed by atoms with Crippen molar-refractivity contribution in [2.24, 2.45) is 0 Å². The molecule has 0 spiro atoms. The average molecular weight is 1200 g/mol. The first-order valence-corrected chi connectivity index (χ1v) is 30.3. The van der Waals surface area contributed by atoms with Gasteiger partial charge in [-0.2, -0.15) is 15.3 Å². The van der Waals surface area contributed by atoms with Gasteiger partial charge in [0.15, 0.2) is 17.5 Å². The van der Waals surface area contributed by atoms with E-state index < -0.39 is 18.3 Å². The van der Waals surface area contributed by atoms with Crippen LogP contribution in [0.25, 0.3) is 67.8 Å².